The summed E-state index contributed by atoms with van der Waals surface area (Å²) in [7, 11) is 12.8. The molecule has 176 valence electrons. The lowest BCUT2D eigenvalue weighted by atomic mass is 9.85. The predicted octanol–water partition coefficient (Wildman–Crippen LogP) is 1.19. The number of hydrogen-bond acceptors (Lipinski definition) is 6. The molecular formula is C25H25B2N3O5. The summed E-state index contributed by atoms with van der Waals surface area (Å²) in [6, 6.07) is 11.5. The van der Waals surface area contributed by atoms with Gasteiger partial charge in [-0.15, -0.1) is 0 Å². The number of nitrogens with one attached hydrogen (secondary N) is 1. The number of morpholine rings is 1. The van der Waals surface area contributed by atoms with Crippen LogP contribution in [0, 0.1) is 0 Å². The molecule has 2 saturated heterocycles. The Balaban J connectivity index is 1.28. The van der Waals surface area contributed by atoms with Crippen molar-refractivity contribution in [1.82, 2.24) is 15.1 Å². The predicted molar refractivity (Wildman–Crippen MR) is 129 cm³/mol. The number of carbonyl (C=O) groups is 3. The van der Waals surface area contributed by atoms with E-state index in [4.69, 9.17) is 25.2 Å². The van der Waals surface area contributed by atoms with Crippen LogP contribution in [0.3, 0.4) is 0 Å². The molecule has 3 aliphatic rings. The summed E-state index contributed by atoms with van der Waals surface area (Å²) < 4.78 is 11.5. The zero-order valence-corrected chi connectivity index (χ0v) is 19.3. The molecule has 8 nitrogen and oxygen atoms in total. The first-order chi connectivity index (χ1) is 16.9. The van der Waals surface area contributed by atoms with Crippen LogP contribution in [0.5, 0.6) is 5.75 Å². The van der Waals surface area contributed by atoms with Crippen LogP contribution in [0.2, 0.25) is 0 Å². The van der Waals surface area contributed by atoms with Gasteiger partial charge in [-0.05, 0) is 35.6 Å². The SMILES string of the molecule is [B]C(Oc1cccc2c1CN(C1CCC(=O)NC1=O)C2=O)c1ccc(C([B])N2CCOCC2)cc1. The number of imide groups is 1. The molecule has 0 aromatic heterocycles. The molecule has 10 heteroatoms. The van der Waals surface area contributed by atoms with Gasteiger partial charge in [0.1, 0.15) is 19.6 Å². The van der Waals surface area contributed by atoms with Crippen molar-refractivity contribution in [3.63, 3.8) is 0 Å². The van der Waals surface area contributed by atoms with Crippen LogP contribution in [-0.4, -0.2) is 75.6 Å². The molecule has 2 aromatic rings. The number of ether oxygens (including phenoxy) is 2. The summed E-state index contributed by atoms with van der Waals surface area (Å²) in [5.41, 5.74) is 2.91. The van der Waals surface area contributed by atoms with Crippen LogP contribution >= 0.6 is 0 Å². The van der Waals surface area contributed by atoms with Gasteiger partial charge >= 0.3 is 0 Å². The second kappa shape index (κ2) is 9.87. The molecule has 2 fully saturated rings. The van der Waals surface area contributed by atoms with E-state index in [1.807, 2.05) is 24.3 Å². The number of carbonyl (C=O) groups excluding carboxylic acids is 3. The molecule has 3 unspecified atom stereocenters. The standard InChI is InChI=1S/C25H25B2N3O5/c26-22(29-10-12-34-13-11-29)15-4-6-16(7-5-15)23(27)35-20-3-1-2-17-18(20)14-30(25(17)33)19-8-9-21(31)28-24(19)32/h1-7,19,22-23H,8-14H2,(H,28,31,32). The maximum absolute atomic E-state index is 13.0. The molecule has 0 aliphatic carbocycles. The second-order valence-electron chi connectivity index (χ2n) is 8.98. The zero-order chi connectivity index (χ0) is 24.5. The van der Waals surface area contributed by atoms with Crippen molar-refractivity contribution in [2.75, 3.05) is 26.3 Å². The fourth-order valence-electron chi connectivity index (χ4n) is 4.82. The Hall–Kier alpha value is -3.10. The Morgan fingerprint density at radius 2 is 1.71 bits per heavy atom. The van der Waals surface area contributed by atoms with Crippen molar-refractivity contribution in [3.05, 3.63) is 64.7 Å². The fraction of sp³-hybridized carbons (Fsp3) is 0.400. The first kappa shape index (κ1) is 23.6. The van der Waals surface area contributed by atoms with E-state index in [1.165, 1.54) is 4.90 Å². The molecule has 0 bridgehead atoms. The van der Waals surface area contributed by atoms with Crippen molar-refractivity contribution in [3.8, 4) is 5.75 Å². The number of fused-ring (bicyclic) bond motifs is 1. The van der Waals surface area contributed by atoms with Crippen LogP contribution in [0.4, 0.5) is 0 Å². The molecule has 0 spiro atoms. The number of hydrogen-bond donors (Lipinski definition) is 1. The number of piperidine rings is 1. The van der Waals surface area contributed by atoms with E-state index in [9.17, 15) is 14.4 Å². The Labute approximate surface area is 206 Å². The lowest BCUT2D eigenvalue weighted by Crippen LogP contribution is -2.52. The molecule has 3 atom stereocenters. The minimum atomic E-state index is -0.755. The normalized spacial score (nSPS) is 22.5. The number of benzene rings is 2. The van der Waals surface area contributed by atoms with Gasteiger partial charge in [-0.25, -0.2) is 0 Å². The number of rotatable bonds is 6. The molecule has 3 aliphatic heterocycles. The quantitative estimate of drug-likeness (QED) is 0.506. The lowest BCUT2D eigenvalue weighted by molar-refractivity contribution is -0.136. The summed E-state index contributed by atoms with van der Waals surface area (Å²) in [6.45, 7) is 3.15. The summed E-state index contributed by atoms with van der Waals surface area (Å²) in [5, 5.41) is 2.31. The summed E-state index contributed by atoms with van der Waals surface area (Å²) >= 11 is 0. The minimum Gasteiger partial charge on any atom is -0.496 e. The highest BCUT2D eigenvalue weighted by atomic mass is 16.5. The van der Waals surface area contributed by atoms with E-state index in [2.05, 4.69) is 10.2 Å². The van der Waals surface area contributed by atoms with Crippen LogP contribution in [0.15, 0.2) is 42.5 Å². The molecule has 35 heavy (non-hydrogen) atoms. The van der Waals surface area contributed by atoms with Crippen LogP contribution in [-0.2, 0) is 20.9 Å². The van der Waals surface area contributed by atoms with E-state index in [0.29, 0.717) is 36.5 Å². The van der Waals surface area contributed by atoms with Crippen molar-refractivity contribution in [2.45, 2.75) is 37.4 Å². The Kier molecular flexibility index (Phi) is 6.67. The molecule has 2 aromatic carbocycles. The highest BCUT2D eigenvalue weighted by molar-refractivity contribution is 6.12. The highest BCUT2D eigenvalue weighted by Gasteiger charge is 2.40. The summed E-state index contributed by atoms with van der Waals surface area (Å²) in [4.78, 5) is 40.5. The van der Waals surface area contributed by atoms with Crippen molar-refractivity contribution < 1.29 is 23.9 Å². The molecule has 5 rings (SSSR count). The van der Waals surface area contributed by atoms with E-state index in [0.717, 1.165) is 24.2 Å². The summed E-state index contributed by atoms with van der Waals surface area (Å²) in [6.07, 6.45) is 0.509. The summed E-state index contributed by atoms with van der Waals surface area (Å²) in [5.74, 6) is -0.742. The van der Waals surface area contributed by atoms with Gasteiger partial charge in [-0.1, -0.05) is 30.3 Å². The second-order valence-corrected chi connectivity index (χ2v) is 8.98. The van der Waals surface area contributed by atoms with Crippen LogP contribution in [0.25, 0.3) is 0 Å². The van der Waals surface area contributed by atoms with Gasteiger partial charge in [0.25, 0.3) is 5.91 Å². The van der Waals surface area contributed by atoms with Crippen molar-refractivity contribution >= 4 is 33.4 Å². The average molecular weight is 469 g/mol. The van der Waals surface area contributed by atoms with Gasteiger partial charge in [-0.2, -0.15) is 0 Å². The lowest BCUT2D eigenvalue weighted by Gasteiger charge is -2.33. The first-order valence-electron chi connectivity index (χ1n) is 11.8. The van der Waals surface area contributed by atoms with Crippen molar-refractivity contribution in [2.24, 2.45) is 0 Å². The third-order valence-electron chi connectivity index (χ3n) is 6.84. The molecule has 1 N–H and O–H groups in total. The Bertz CT molecular complexity index is 1140. The smallest absolute Gasteiger partial charge is 0.255 e. The maximum atomic E-state index is 13.0. The average Bonchev–Trinajstić information content (AvgIpc) is 3.21. The van der Waals surface area contributed by atoms with Gasteiger partial charge in [0.05, 0.1) is 33.6 Å². The first-order valence-corrected chi connectivity index (χ1v) is 11.8. The van der Waals surface area contributed by atoms with Gasteiger partial charge in [0, 0.05) is 30.6 Å². The highest BCUT2D eigenvalue weighted by Crippen LogP contribution is 2.35. The molecular weight excluding hydrogens is 444 g/mol. The maximum Gasteiger partial charge on any atom is 0.255 e. The monoisotopic (exact) mass is 469 g/mol. The Morgan fingerprint density at radius 3 is 2.43 bits per heavy atom. The van der Waals surface area contributed by atoms with E-state index in [-0.39, 0.29) is 30.7 Å². The topological polar surface area (TPSA) is 88.2 Å². The minimum absolute atomic E-state index is 0.204. The van der Waals surface area contributed by atoms with Crippen LogP contribution in [0.1, 0.15) is 51.8 Å². The van der Waals surface area contributed by atoms with Gasteiger partial charge in [0.15, 0.2) is 0 Å². The van der Waals surface area contributed by atoms with E-state index in [1.54, 1.807) is 18.2 Å². The van der Waals surface area contributed by atoms with E-state index >= 15 is 0 Å². The largest absolute Gasteiger partial charge is 0.496 e. The van der Waals surface area contributed by atoms with Crippen LogP contribution < -0.4 is 10.1 Å². The van der Waals surface area contributed by atoms with Gasteiger partial charge in [-0.3, -0.25) is 19.7 Å². The molecule has 3 amide bonds. The third kappa shape index (κ3) is 4.73. The number of amides is 3. The van der Waals surface area contributed by atoms with Crippen molar-refractivity contribution in [1.29, 1.82) is 0 Å². The molecule has 4 radical (unpaired) electrons. The van der Waals surface area contributed by atoms with E-state index < -0.39 is 18.0 Å². The fourth-order valence-corrected chi connectivity index (χ4v) is 4.82. The molecule has 0 saturated carbocycles. The number of nitrogens with zero attached hydrogens (tertiary/aromatic N) is 2. The zero-order valence-electron chi connectivity index (χ0n) is 19.3. The third-order valence-corrected chi connectivity index (χ3v) is 6.84. The van der Waals surface area contributed by atoms with Gasteiger partial charge in [0.2, 0.25) is 11.8 Å². The Morgan fingerprint density at radius 1 is 1.00 bits per heavy atom. The molecule has 3 heterocycles. The van der Waals surface area contributed by atoms with Gasteiger partial charge < -0.3 is 19.3 Å².